The Kier molecular flexibility index (Phi) is 3.66. The minimum Gasteiger partial charge on any atom is -0.444 e. The maximum Gasteiger partial charge on any atom is 0.410 e. The van der Waals surface area contributed by atoms with Gasteiger partial charge in [-0.3, -0.25) is 0 Å². The molecular formula is C9H18N2O2S. The van der Waals surface area contributed by atoms with Gasteiger partial charge in [-0.25, -0.2) is 9.10 Å². The van der Waals surface area contributed by atoms with Gasteiger partial charge in [0, 0.05) is 26.2 Å². The van der Waals surface area contributed by atoms with Crippen molar-refractivity contribution < 1.29 is 9.53 Å². The lowest BCUT2D eigenvalue weighted by Crippen LogP contribution is -2.47. The van der Waals surface area contributed by atoms with Crippen molar-refractivity contribution in [1.82, 2.24) is 9.21 Å². The van der Waals surface area contributed by atoms with E-state index in [1.807, 2.05) is 25.1 Å². The van der Waals surface area contributed by atoms with Crippen molar-refractivity contribution in [1.29, 1.82) is 0 Å². The summed E-state index contributed by atoms with van der Waals surface area (Å²) in [7, 11) is 0. The lowest BCUT2D eigenvalue weighted by molar-refractivity contribution is 0.0198. The van der Waals surface area contributed by atoms with Gasteiger partial charge in [-0.15, -0.1) is 0 Å². The standard InChI is InChI=1S/C9H18N2O2S/c1-9(2,3)13-8(12)10-4-6-11(14)7-5-10/h14H,4-7H2,1-3H3. The van der Waals surface area contributed by atoms with Crippen molar-refractivity contribution in [2.75, 3.05) is 26.2 Å². The Balaban J connectivity index is 2.38. The first-order valence-corrected chi connectivity index (χ1v) is 5.20. The summed E-state index contributed by atoms with van der Waals surface area (Å²) in [5, 5.41) is 0. The molecular weight excluding hydrogens is 200 g/mol. The summed E-state index contributed by atoms with van der Waals surface area (Å²) in [5.74, 6) is 0. The molecule has 0 radical (unpaired) electrons. The molecule has 1 fully saturated rings. The number of hydrogen-bond acceptors (Lipinski definition) is 4. The van der Waals surface area contributed by atoms with Crippen LogP contribution < -0.4 is 0 Å². The first kappa shape index (κ1) is 11.7. The summed E-state index contributed by atoms with van der Waals surface area (Å²) in [6.07, 6.45) is -0.223. The maximum atomic E-state index is 11.6. The third-order valence-corrected chi connectivity index (χ3v) is 2.31. The molecule has 1 aliphatic heterocycles. The van der Waals surface area contributed by atoms with Crippen molar-refractivity contribution >= 4 is 18.9 Å². The van der Waals surface area contributed by atoms with E-state index in [0.29, 0.717) is 13.1 Å². The topological polar surface area (TPSA) is 32.8 Å². The smallest absolute Gasteiger partial charge is 0.410 e. The predicted molar refractivity (Wildman–Crippen MR) is 58.4 cm³/mol. The van der Waals surface area contributed by atoms with Crippen LogP contribution in [0.4, 0.5) is 4.79 Å². The summed E-state index contributed by atoms with van der Waals surface area (Å²) in [4.78, 5) is 13.3. The van der Waals surface area contributed by atoms with Gasteiger partial charge in [0.2, 0.25) is 0 Å². The fraction of sp³-hybridized carbons (Fsp3) is 0.889. The maximum absolute atomic E-state index is 11.6. The summed E-state index contributed by atoms with van der Waals surface area (Å²) in [6, 6.07) is 0. The van der Waals surface area contributed by atoms with Crippen molar-refractivity contribution in [2.45, 2.75) is 26.4 Å². The number of carbonyl (C=O) groups excluding carboxylic acids is 1. The molecule has 1 amide bonds. The average Bonchev–Trinajstić information content (AvgIpc) is 2.02. The van der Waals surface area contributed by atoms with Crippen LogP contribution in [0.25, 0.3) is 0 Å². The van der Waals surface area contributed by atoms with Gasteiger partial charge in [-0.2, -0.15) is 0 Å². The van der Waals surface area contributed by atoms with Crippen molar-refractivity contribution in [2.24, 2.45) is 0 Å². The Morgan fingerprint density at radius 2 is 1.71 bits per heavy atom. The van der Waals surface area contributed by atoms with Gasteiger partial charge in [-0.1, -0.05) is 12.8 Å². The molecule has 82 valence electrons. The molecule has 0 spiro atoms. The van der Waals surface area contributed by atoms with Gasteiger partial charge in [-0.05, 0) is 20.8 Å². The Morgan fingerprint density at radius 1 is 1.21 bits per heavy atom. The largest absolute Gasteiger partial charge is 0.444 e. The third kappa shape index (κ3) is 3.75. The Labute approximate surface area is 90.7 Å². The van der Waals surface area contributed by atoms with E-state index >= 15 is 0 Å². The van der Waals surface area contributed by atoms with Crippen LogP contribution in [0.3, 0.4) is 0 Å². The van der Waals surface area contributed by atoms with E-state index < -0.39 is 5.60 Å². The summed E-state index contributed by atoms with van der Waals surface area (Å²) < 4.78 is 7.16. The highest BCUT2D eigenvalue weighted by Gasteiger charge is 2.24. The molecule has 0 aromatic carbocycles. The van der Waals surface area contributed by atoms with Crippen molar-refractivity contribution in [3.05, 3.63) is 0 Å². The van der Waals surface area contributed by atoms with E-state index in [2.05, 4.69) is 12.8 Å². The molecule has 4 nitrogen and oxygen atoms in total. The van der Waals surface area contributed by atoms with Crippen LogP contribution in [-0.4, -0.2) is 47.1 Å². The number of nitrogens with zero attached hydrogens (tertiary/aromatic N) is 2. The first-order chi connectivity index (χ1) is 6.38. The Hall–Kier alpha value is -0.420. The highest BCUT2D eigenvalue weighted by Crippen LogP contribution is 2.12. The summed E-state index contributed by atoms with van der Waals surface area (Å²) in [5.41, 5.74) is -0.408. The second-order valence-corrected chi connectivity index (χ2v) is 4.99. The third-order valence-electron chi connectivity index (χ3n) is 1.91. The Morgan fingerprint density at radius 3 is 2.14 bits per heavy atom. The molecule has 1 saturated heterocycles. The first-order valence-electron chi connectivity index (χ1n) is 4.80. The molecule has 0 aromatic heterocycles. The minimum absolute atomic E-state index is 0.223. The molecule has 0 aromatic rings. The fourth-order valence-electron chi connectivity index (χ4n) is 1.20. The molecule has 1 aliphatic rings. The lowest BCUT2D eigenvalue weighted by atomic mass is 10.2. The predicted octanol–water partition coefficient (Wildman–Crippen LogP) is 1.38. The van der Waals surface area contributed by atoms with E-state index in [-0.39, 0.29) is 6.09 Å². The SMILES string of the molecule is CC(C)(C)OC(=O)N1CCN(S)CC1. The molecule has 1 heterocycles. The molecule has 0 N–H and O–H groups in total. The van der Waals surface area contributed by atoms with Gasteiger partial charge < -0.3 is 9.64 Å². The number of carbonyl (C=O) groups is 1. The van der Waals surface area contributed by atoms with Crippen LogP contribution in [-0.2, 0) is 4.74 Å². The van der Waals surface area contributed by atoms with Crippen LogP contribution in [0.5, 0.6) is 0 Å². The fourth-order valence-corrected chi connectivity index (χ4v) is 1.38. The highest BCUT2D eigenvalue weighted by atomic mass is 32.1. The van der Waals surface area contributed by atoms with Gasteiger partial charge >= 0.3 is 6.09 Å². The van der Waals surface area contributed by atoms with Crippen LogP contribution in [0.15, 0.2) is 0 Å². The van der Waals surface area contributed by atoms with Crippen LogP contribution in [0.1, 0.15) is 20.8 Å². The minimum atomic E-state index is -0.408. The molecule has 14 heavy (non-hydrogen) atoms. The van der Waals surface area contributed by atoms with Crippen molar-refractivity contribution in [3.63, 3.8) is 0 Å². The number of piperazine rings is 1. The van der Waals surface area contributed by atoms with Crippen LogP contribution in [0, 0.1) is 0 Å². The van der Waals surface area contributed by atoms with E-state index in [1.54, 1.807) is 4.90 Å². The molecule has 0 saturated carbocycles. The van der Waals surface area contributed by atoms with E-state index in [9.17, 15) is 4.79 Å². The highest BCUT2D eigenvalue weighted by molar-refractivity contribution is 7.77. The number of amides is 1. The lowest BCUT2D eigenvalue weighted by Gasteiger charge is -2.33. The second-order valence-electron chi connectivity index (χ2n) is 4.42. The zero-order valence-electron chi connectivity index (χ0n) is 8.99. The monoisotopic (exact) mass is 218 g/mol. The quantitative estimate of drug-likeness (QED) is 0.624. The van der Waals surface area contributed by atoms with Gasteiger partial charge in [0.05, 0.1) is 0 Å². The van der Waals surface area contributed by atoms with Gasteiger partial charge in [0.15, 0.2) is 0 Å². The van der Waals surface area contributed by atoms with Crippen LogP contribution in [0.2, 0.25) is 0 Å². The molecule has 5 heteroatoms. The summed E-state index contributed by atoms with van der Waals surface area (Å²) in [6.45, 7) is 8.60. The van der Waals surface area contributed by atoms with Gasteiger partial charge in [0.1, 0.15) is 5.60 Å². The molecule has 0 aliphatic carbocycles. The zero-order chi connectivity index (χ0) is 10.8. The molecule has 0 bridgehead atoms. The molecule has 0 atom stereocenters. The van der Waals surface area contributed by atoms with E-state index in [0.717, 1.165) is 13.1 Å². The second kappa shape index (κ2) is 4.40. The zero-order valence-corrected chi connectivity index (χ0v) is 9.88. The number of thiol groups is 1. The number of hydrogen-bond donors (Lipinski definition) is 1. The molecule has 1 rings (SSSR count). The average molecular weight is 218 g/mol. The molecule has 0 unspecified atom stereocenters. The number of rotatable bonds is 0. The number of ether oxygens (including phenoxy) is 1. The summed E-state index contributed by atoms with van der Waals surface area (Å²) >= 11 is 4.21. The Bertz CT molecular complexity index is 207. The normalized spacial score (nSPS) is 19.6. The van der Waals surface area contributed by atoms with Crippen LogP contribution >= 0.6 is 12.8 Å². The van der Waals surface area contributed by atoms with Crippen molar-refractivity contribution in [3.8, 4) is 0 Å². The van der Waals surface area contributed by atoms with Gasteiger partial charge in [0.25, 0.3) is 0 Å². The van der Waals surface area contributed by atoms with E-state index in [4.69, 9.17) is 4.74 Å². The van der Waals surface area contributed by atoms with E-state index in [1.165, 1.54) is 0 Å².